The van der Waals surface area contributed by atoms with E-state index in [9.17, 15) is 4.39 Å². The van der Waals surface area contributed by atoms with Crippen molar-refractivity contribution in [1.82, 2.24) is 10.2 Å². The van der Waals surface area contributed by atoms with E-state index in [1.165, 1.54) is 18.9 Å². The van der Waals surface area contributed by atoms with Gasteiger partial charge in [-0.15, -0.1) is 0 Å². The van der Waals surface area contributed by atoms with Crippen LogP contribution in [0.25, 0.3) is 0 Å². The van der Waals surface area contributed by atoms with Gasteiger partial charge in [0.1, 0.15) is 5.82 Å². The van der Waals surface area contributed by atoms with Crippen LogP contribution in [0.15, 0.2) is 29.8 Å². The minimum atomic E-state index is -0.191. The van der Waals surface area contributed by atoms with Gasteiger partial charge < -0.3 is 5.32 Å². The standard InChI is InChI=1S/C22H30ClFN2/c1-22(2)17-5-3-15(20(22)11-17)13-25-19-7-9-26(10-8-19)14-16-4-6-18(23)12-21(16)24/h3-4,6,12,17,19-20,25H,5,7-11,13-14H2,1-2H3. The maximum Gasteiger partial charge on any atom is 0.129 e. The summed E-state index contributed by atoms with van der Waals surface area (Å²) in [5.74, 6) is 1.51. The van der Waals surface area contributed by atoms with Crippen LogP contribution in [-0.4, -0.2) is 30.6 Å². The number of likely N-dealkylation sites (tertiary alicyclic amines) is 1. The van der Waals surface area contributed by atoms with Crippen LogP contribution >= 0.6 is 11.6 Å². The molecule has 1 aromatic carbocycles. The Hall–Kier alpha value is -0.900. The quantitative estimate of drug-likeness (QED) is 0.725. The number of fused-ring (bicyclic) bond motifs is 1. The topological polar surface area (TPSA) is 15.3 Å². The van der Waals surface area contributed by atoms with E-state index in [1.54, 1.807) is 11.6 Å². The normalized spacial score (nSPS) is 28.5. The Morgan fingerprint density at radius 3 is 2.69 bits per heavy atom. The van der Waals surface area contributed by atoms with E-state index < -0.39 is 0 Å². The van der Waals surface area contributed by atoms with Gasteiger partial charge >= 0.3 is 0 Å². The van der Waals surface area contributed by atoms with Crippen LogP contribution in [0.1, 0.15) is 45.1 Å². The maximum atomic E-state index is 14.0. The second-order valence-corrected chi connectivity index (χ2v) is 9.42. The van der Waals surface area contributed by atoms with Gasteiger partial charge in [0, 0.05) is 29.7 Å². The molecule has 26 heavy (non-hydrogen) atoms. The number of allylic oxidation sites excluding steroid dienone is 1. The van der Waals surface area contributed by atoms with Crippen LogP contribution in [0, 0.1) is 23.1 Å². The first kappa shape index (κ1) is 18.5. The smallest absolute Gasteiger partial charge is 0.129 e. The molecule has 4 aliphatic rings. The molecule has 3 aliphatic carbocycles. The van der Waals surface area contributed by atoms with Crippen molar-refractivity contribution in [3.05, 3.63) is 46.3 Å². The number of rotatable bonds is 5. The number of nitrogens with one attached hydrogen (secondary N) is 1. The highest BCUT2D eigenvalue weighted by Crippen LogP contribution is 2.58. The van der Waals surface area contributed by atoms with Gasteiger partial charge in [-0.25, -0.2) is 4.39 Å². The van der Waals surface area contributed by atoms with Crippen LogP contribution in [0.5, 0.6) is 0 Å². The lowest BCUT2D eigenvalue weighted by Gasteiger charge is -2.56. The zero-order valence-electron chi connectivity index (χ0n) is 15.9. The molecule has 1 N–H and O–H groups in total. The molecule has 1 heterocycles. The molecule has 5 rings (SSSR count). The summed E-state index contributed by atoms with van der Waals surface area (Å²) in [6.07, 6.45) is 7.44. The van der Waals surface area contributed by atoms with Crippen molar-refractivity contribution in [2.75, 3.05) is 19.6 Å². The van der Waals surface area contributed by atoms with Gasteiger partial charge in [0.2, 0.25) is 0 Å². The Labute approximate surface area is 161 Å². The highest BCUT2D eigenvalue weighted by Gasteiger charge is 2.50. The molecular formula is C22H30ClFN2. The molecule has 0 amide bonds. The summed E-state index contributed by atoms with van der Waals surface area (Å²) in [5.41, 5.74) is 2.90. The third-order valence-corrected chi connectivity index (χ3v) is 7.41. The fourth-order valence-electron chi connectivity index (χ4n) is 5.12. The Kier molecular flexibility index (Phi) is 5.15. The fourth-order valence-corrected chi connectivity index (χ4v) is 5.28. The summed E-state index contributed by atoms with van der Waals surface area (Å²) in [6.45, 7) is 8.65. The molecule has 4 heteroatoms. The third kappa shape index (κ3) is 3.58. The fraction of sp³-hybridized carbons (Fsp3) is 0.636. The number of hydrogen-bond donors (Lipinski definition) is 1. The molecule has 142 valence electrons. The zero-order chi connectivity index (χ0) is 18.3. The number of benzene rings is 1. The van der Waals surface area contributed by atoms with Crippen molar-refractivity contribution in [1.29, 1.82) is 0 Å². The molecule has 2 unspecified atom stereocenters. The number of nitrogens with zero attached hydrogens (tertiary/aromatic N) is 1. The van der Waals surface area contributed by atoms with E-state index in [0.717, 1.165) is 49.9 Å². The predicted molar refractivity (Wildman–Crippen MR) is 106 cm³/mol. The van der Waals surface area contributed by atoms with E-state index in [2.05, 4.69) is 30.1 Å². The summed E-state index contributed by atoms with van der Waals surface area (Å²) in [6, 6.07) is 5.59. The van der Waals surface area contributed by atoms with Gasteiger partial charge in [0.25, 0.3) is 0 Å². The van der Waals surface area contributed by atoms with E-state index in [-0.39, 0.29) is 5.82 Å². The van der Waals surface area contributed by atoms with Crippen molar-refractivity contribution in [3.63, 3.8) is 0 Å². The average molecular weight is 377 g/mol. The van der Waals surface area contributed by atoms with Gasteiger partial charge in [0.05, 0.1) is 0 Å². The molecule has 2 bridgehead atoms. The highest BCUT2D eigenvalue weighted by molar-refractivity contribution is 6.30. The van der Waals surface area contributed by atoms with Crippen LogP contribution in [0.2, 0.25) is 5.02 Å². The first-order valence-electron chi connectivity index (χ1n) is 10.0. The molecule has 1 saturated carbocycles. The van der Waals surface area contributed by atoms with Gasteiger partial charge in [-0.2, -0.15) is 0 Å². The van der Waals surface area contributed by atoms with Gasteiger partial charge in [-0.05, 0) is 68.2 Å². The van der Waals surface area contributed by atoms with Crippen molar-refractivity contribution in [2.24, 2.45) is 17.3 Å². The first-order chi connectivity index (χ1) is 12.4. The van der Waals surface area contributed by atoms with Crippen LogP contribution in [0.4, 0.5) is 4.39 Å². The Balaban J connectivity index is 1.24. The average Bonchev–Trinajstić information content (AvgIpc) is 2.63. The van der Waals surface area contributed by atoms with E-state index >= 15 is 0 Å². The minimum absolute atomic E-state index is 0.191. The van der Waals surface area contributed by atoms with E-state index in [4.69, 9.17) is 11.6 Å². The van der Waals surface area contributed by atoms with Crippen LogP contribution < -0.4 is 5.32 Å². The van der Waals surface area contributed by atoms with E-state index in [1.807, 2.05) is 6.07 Å². The van der Waals surface area contributed by atoms with Crippen molar-refractivity contribution >= 4 is 11.6 Å². The molecule has 1 aromatic rings. The summed E-state index contributed by atoms with van der Waals surface area (Å²) in [7, 11) is 0. The molecule has 2 nitrogen and oxygen atoms in total. The van der Waals surface area contributed by atoms with Crippen molar-refractivity contribution < 1.29 is 4.39 Å². The van der Waals surface area contributed by atoms with Crippen LogP contribution in [-0.2, 0) is 6.54 Å². The minimum Gasteiger partial charge on any atom is -0.310 e. The lowest BCUT2D eigenvalue weighted by atomic mass is 9.49. The van der Waals surface area contributed by atoms with Crippen LogP contribution in [0.3, 0.4) is 0 Å². The van der Waals surface area contributed by atoms with Crippen molar-refractivity contribution in [3.8, 4) is 0 Å². The first-order valence-corrected chi connectivity index (χ1v) is 10.4. The molecule has 2 atom stereocenters. The zero-order valence-corrected chi connectivity index (χ0v) is 16.7. The molecule has 2 fully saturated rings. The molecule has 0 aromatic heterocycles. The Morgan fingerprint density at radius 1 is 1.27 bits per heavy atom. The lowest BCUT2D eigenvalue weighted by molar-refractivity contribution is -0.00774. The summed E-state index contributed by atoms with van der Waals surface area (Å²) < 4.78 is 14.0. The van der Waals surface area contributed by atoms with Crippen molar-refractivity contribution in [2.45, 2.75) is 52.1 Å². The number of piperidine rings is 1. The van der Waals surface area contributed by atoms with Gasteiger partial charge in [-0.1, -0.05) is 43.2 Å². The highest BCUT2D eigenvalue weighted by atomic mass is 35.5. The molecule has 1 aliphatic heterocycles. The molecule has 0 radical (unpaired) electrons. The summed E-state index contributed by atoms with van der Waals surface area (Å²) in [5, 5.41) is 4.27. The monoisotopic (exact) mass is 376 g/mol. The van der Waals surface area contributed by atoms with Gasteiger partial charge in [0.15, 0.2) is 0 Å². The second kappa shape index (κ2) is 7.26. The SMILES string of the molecule is CC1(C)C2CC=C(CNC3CCN(Cc4ccc(Cl)cc4F)CC3)C1C2. The summed E-state index contributed by atoms with van der Waals surface area (Å²) in [4.78, 5) is 2.35. The number of hydrogen-bond acceptors (Lipinski definition) is 2. The third-order valence-electron chi connectivity index (χ3n) is 7.17. The maximum absolute atomic E-state index is 14.0. The molecule has 0 spiro atoms. The Bertz CT molecular complexity index is 691. The largest absolute Gasteiger partial charge is 0.310 e. The summed E-state index contributed by atoms with van der Waals surface area (Å²) >= 11 is 5.84. The number of halogens is 2. The predicted octanol–water partition coefficient (Wildman–Crippen LogP) is 5.03. The second-order valence-electron chi connectivity index (χ2n) is 8.99. The lowest BCUT2D eigenvalue weighted by Crippen LogP contribution is -2.50. The van der Waals surface area contributed by atoms with Gasteiger partial charge in [-0.3, -0.25) is 4.90 Å². The molecule has 1 saturated heterocycles. The van der Waals surface area contributed by atoms with E-state index in [0.29, 0.717) is 23.0 Å². The molecular weight excluding hydrogens is 347 g/mol. The Morgan fingerprint density at radius 2 is 2.04 bits per heavy atom.